The number of aromatic nitrogens is 2. The molecule has 1 aromatic heterocycles. The molecular formula is C20H16F3N5O5. The summed E-state index contributed by atoms with van der Waals surface area (Å²) >= 11 is 0. The van der Waals surface area contributed by atoms with E-state index in [1.807, 2.05) is 0 Å². The van der Waals surface area contributed by atoms with Gasteiger partial charge < -0.3 is 15.4 Å². The molecule has 0 spiro atoms. The van der Waals surface area contributed by atoms with Gasteiger partial charge in [-0.05, 0) is 42.0 Å². The number of aromatic amines is 1. The number of hydroxylamine groups is 1. The van der Waals surface area contributed by atoms with Crippen molar-refractivity contribution in [2.45, 2.75) is 12.6 Å². The number of hydrogen-bond acceptors (Lipinski definition) is 5. The number of amides is 3. The summed E-state index contributed by atoms with van der Waals surface area (Å²) in [5, 5.41) is 22.5. The fourth-order valence-corrected chi connectivity index (χ4v) is 2.80. The van der Waals surface area contributed by atoms with Crippen LogP contribution in [0.15, 0.2) is 48.5 Å². The van der Waals surface area contributed by atoms with Crippen molar-refractivity contribution in [2.75, 3.05) is 10.6 Å². The lowest BCUT2D eigenvalue weighted by atomic mass is 10.1. The van der Waals surface area contributed by atoms with E-state index in [0.29, 0.717) is 5.56 Å². The average molecular weight is 463 g/mol. The van der Waals surface area contributed by atoms with Crippen molar-refractivity contribution in [1.82, 2.24) is 15.4 Å². The molecule has 0 aliphatic carbocycles. The van der Waals surface area contributed by atoms with Gasteiger partial charge in [0.15, 0.2) is 11.5 Å². The number of nitrogens with zero attached hydrogens (tertiary/aromatic N) is 1. The third-order valence-corrected chi connectivity index (χ3v) is 4.36. The predicted molar refractivity (Wildman–Crippen MR) is 108 cm³/mol. The Kier molecular flexibility index (Phi) is 6.63. The summed E-state index contributed by atoms with van der Waals surface area (Å²) in [6.07, 6.45) is -4.39. The number of carbonyl (C=O) groups excluding carboxylic acids is 2. The zero-order chi connectivity index (χ0) is 24.2. The number of rotatable bonds is 6. The van der Waals surface area contributed by atoms with Crippen LogP contribution in [0.2, 0.25) is 0 Å². The normalized spacial score (nSPS) is 11.0. The average Bonchev–Trinajstić information content (AvgIpc) is 3.15. The van der Waals surface area contributed by atoms with Gasteiger partial charge in [-0.2, -0.15) is 13.2 Å². The standard InChI is InChI=1S/C20H16F3N5O5/c21-20(22,23)12-5-7-13(8-6-12)24-19(32)27-16-15(18(30)31)25-14(26-16)9-10-1-3-11(4-2-10)17(29)28-33/h1-8,33H,9H2,(H,25,26)(H,28,29)(H,30,31)(H2,24,27,32). The lowest BCUT2D eigenvalue weighted by Crippen LogP contribution is -2.21. The Morgan fingerprint density at radius 1 is 0.970 bits per heavy atom. The summed E-state index contributed by atoms with van der Waals surface area (Å²) in [5.74, 6) is -2.19. The molecule has 172 valence electrons. The molecule has 0 bridgehead atoms. The van der Waals surface area contributed by atoms with Crippen LogP contribution in [0.5, 0.6) is 0 Å². The van der Waals surface area contributed by atoms with Crippen molar-refractivity contribution >= 4 is 29.4 Å². The minimum atomic E-state index is -4.52. The lowest BCUT2D eigenvalue weighted by molar-refractivity contribution is -0.137. The third kappa shape index (κ3) is 5.86. The van der Waals surface area contributed by atoms with Crippen molar-refractivity contribution in [1.29, 1.82) is 0 Å². The van der Waals surface area contributed by atoms with Gasteiger partial charge in [-0.25, -0.2) is 20.1 Å². The first-order valence-corrected chi connectivity index (χ1v) is 9.17. The largest absolute Gasteiger partial charge is 0.476 e. The van der Waals surface area contributed by atoms with Crippen molar-refractivity contribution in [3.63, 3.8) is 0 Å². The van der Waals surface area contributed by atoms with Crippen molar-refractivity contribution in [3.8, 4) is 0 Å². The van der Waals surface area contributed by atoms with Crippen LogP contribution in [0, 0.1) is 0 Å². The molecule has 6 N–H and O–H groups in total. The molecule has 10 nitrogen and oxygen atoms in total. The van der Waals surface area contributed by atoms with Crippen LogP contribution in [0.3, 0.4) is 0 Å². The first kappa shape index (κ1) is 23.3. The number of carboxylic acids is 1. The molecule has 0 fully saturated rings. The fraction of sp³-hybridized carbons (Fsp3) is 0.100. The van der Waals surface area contributed by atoms with Gasteiger partial charge in [-0.15, -0.1) is 0 Å². The highest BCUT2D eigenvalue weighted by molar-refractivity contribution is 6.03. The highest BCUT2D eigenvalue weighted by Crippen LogP contribution is 2.29. The summed E-state index contributed by atoms with van der Waals surface area (Å²) in [5.41, 5.74) is 1.12. The fourth-order valence-electron chi connectivity index (χ4n) is 2.80. The lowest BCUT2D eigenvalue weighted by Gasteiger charge is -2.09. The Labute approximate surface area is 183 Å². The number of imidazole rings is 1. The Bertz CT molecular complexity index is 1170. The molecule has 3 rings (SSSR count). The van der Waals surface area contributed by atoms with Gasteiger partial charge in [0.05, 0.1) is 5.56 Å². The Balaban J connectivity index is 1.70. The quantitative estimate of drug-likeness (QED) is 0.243. The second-order valence-corrected chi connectivity index (χ2v) is 6.68. The smallest absolute Gasteiger partial charge is 0.416 e. The van der Waals surface area contributed by atoms with Crippen LogP contribution in [0.4, 0.5) is 29.5 Å². The van der Waals surface area contributed by atoms with Gasteiger partial charge in [-0.3, -0.25) is 15.3 Å². The number of anilines is 2. The molecule has 0 unspecified atom stereocenters. The van der Waals surface area contributed by atoms with Gasteiger partial charge >= 0.3 is 18.2 Å². The summed E-state index contributed by atoms with van der Waals surface area (Å²) in [6.45, 7) is 0. The number of urea groups is 1. The first-order chi connectivity index (χ1) is 15.6. The molecule has 3 aromatic rings. The molecule has 0 aliphatic rings. The molecule has 0 radical (unpaired) electrons. The monoisotopic (exact) mass is 463 g/mol. The van der Waals surface area contributed by atoms with Crippen molar-refractivity contribution < 1.29 is 37.9 Å². The van der Waals surface area contributed by atoms with Gasteiger partial charge in [0.1, 0.15) is 5.82 Å². The number of nitrogens with one attached hydrogen (secondary N) is 4. The van der Waals surface area contributed by atoms with E-state index in [0.717, 1.165) is 24.3 Å². The number of H-pyrrole nitrogens is 1. The van der Waals surface area contributed by atoms with Gasteiger partial charge in [-0.1, -0.05) is 12.1 Å². The molecular weight excluding hydrogens is 447 g/mol. The van der Waals surface area contributed by atoms with Crippen molar-refractivity contribution in [3.05, 3.63) is 76.7 Å². The SMILES string of the molecule is O=C(Nc1ccc(C(F)(F)F)cc1)Nc1nc(Cc2ccc(C(=O)NO)cc2)[nH]c1C(=O)O. The number of carbonyl (C=O) groups is 3. The van der Waals surface area contributed by atoms with Crippen LogP contribution in [-0.4, -0.2) is 38.2 Å². The molecule has 3 amide bonds. The minimum Gasteiger partial charge on any atom is -0.476 e. The zero-order valence-electron chi connectivity index (χ0n) is 16.5. The Hall–Kier alpha value is -4.39. The highest BCUT2D eigenvalue weighted by atomic mass is 19.4. The van der Waals surface area contributed by atoms with E-state index in [9.17, 15) is 32.7 Å². The topological polar surface area (TPSA) is 156 Å². The minimum absolute atomic E-state index is 0.0557. The first-order valence-electron chi connectivity index (χ1n) is 9.17. The van der Waals surface area contributed by atoms with Crippen molar-refractivity contribution in [2.24, 2.45) is 0 Å². The second kappa shape index (κ2) is 9.40. The van der Waals surface area contributed by atoms with Crippen LogP contribution < -0.4 is 16.1 Å². The predicted octanol–water partition coefficient (Wildman–Crippen LogP) is 3.48. The molecule has 1 heterocycles. The number of carboxylic acid groups (broad SMARTS) is 1. The maximum absolute atomic E-state index is 12.6. The Morgan fingerprint density at radius 3 is 2.15 bits per heavy atom. The molecule has 0 saturated carbocycles. The highest BCUT2D eigenvalue weighted by Gasteiger charge is 2.30. The van der Waals surface area contributed by atoms with E-state index in [1.165, 1.54) is 17.6 Å². The molecule has 0 atom stereocenters. The number of halogens is 3. The summed E-state index contributed by atoms with van der Waals surface area (Å²) in [7, 11) is 0. The molecule has 13 heteroatoms. The number of benzene rings is 2. The second-order valence-electron chi connectivity index (χ2n) is 6.68. The summed E-state index contributed by atoms with van der Waals surface area (Å²) < 4.78 is 37.9. The van der Waals surface area contributed by atoms with Crippen LogP contribution in [0.1, 0.15) is 37.8 Å². The van der Waals surface area contributed by atoms with E-state index >= 15 is 0 Å². The number of hydrogen-bond donors (Lipinski definition) is 6. The maximum Gasteiger partial charge on any atom is 0.416 e. The van der Waals surface area contributed by atoms with Gasteiger partial charge in [0.25, 0.3) is 5.91 Å². The molecule has 0 saturated heterocycles. The van der Waals surface area contributed by atoms with E-state index in [4.69, 9.17) is 5.21 Å². The summed E-state index contributed by atoms with van der Waals surface area (Å²) in [4.78, 5) is 41.7. The van der Waals surface area contributed by atoms with E-state index in [2.05, 4.69) is 20.6 Å². The van der Waals surface area contributed by atoms with Gasteiger partial charge in [0, 0.05) is 17.7 Å². The zero-order valence-corrected chi connectivity index (χ0v) is 16.5. The van der Waals surface area contributed by atoms with Crippen LogP contribution >= 0.6 is 0 Å². The number of aromatic carboxylic acids is 1. The maximum atomic E-state index is 12.6. The molecule has 2 aromatic carbocycles. The number of alkyl halides is 3. The van der Waals surface area contributed by atoms with E-state index < -0.39 is 35.3 Å². The van der Waals surface area contributed by atoms with Gasteiger partial charge in [0.2, 0.25) is 0 Å². The molecule has 0 aliphatic heterocycles. The Morgan fingerprint density at radius 2 is 1.61 bits per heavy atom. The summed E-state index contributed by atoms with van der Waals surface area (Å²) in [6, 6.07) is 8.80. The van der Waals surface area contributed by atoms with E-state index in [1.54, 1.807) is 12.1 Å². The van der Waals surface area contributed by atoms with Crippen LogP contribution in [0.25, 0.3) is 0 Å². The van der Waals surface area contributed by atoms with E-state index in [-0.39, 0.29) is 29.3 Å². The molecule has 33 heavy (non-hydrogen) atoms. The third-order valence-electron chi connectivity index (χ3n) is 4.36. The van der Waals surface area contributed by atoms with Crippen LogP contribution in [-0.2, 0) is 12.6 Å².